The highest BCUT2D eigenvalue weighted by molar-refractivity contribution is 6.32. The molecule has 0 saturated carbocycles. The first-order valence-corrected chi connectivity index (χ1v) is 9.43. The molecule has 3 heterocycles. The van der Waals surface area contributed by atoms with Gasteiger partial charge in [0.2, 0.25) is 0 Å². The summed E-state index contributed by atoms with van der Waals surface area (Å²) in [5.41, 5.74) is 3.60. The SMILES string of the molecule is COc1cc(OC)c(-c2cn3ccc(NC4CCNCC4)cc3n2)cc1Cl. The lowest BCUT2D eigenvalue weighted by molar-refractivity contribution is 0.395. The van der Waals surface area contributed by atoms with Crippen molar-refractivity contribution in [2.75, 3.05) is 32.6 Å². The summed E-state index contributed by atoms with van der Waals surface area (Å²) in [5, 5.41) is 7.53. The van der Waals surface area contributed by atoms with Crippen LogP contribution in [0.5, 0.6) is 11.5 Å². The molecule has 3 aromatic rings. The molecule has 1 fully saturated rings. The molecule has 1 aromatic carbocycles. The molecule has 6 nitrogen and oxygen atoms in total. The number of halogens is 1. The van der Waals surface area contributed by atoms with Gasteiger partial charge >= 0.3 is 0 Å². The molecular weight excluding hydrogens is 364 g/mol. The lowest BCUT2D eigenvalue weighted by Gasteiger charge is -2.24. The molecule has 0 aliphatic carbocycles. The first-order valence-electron chi connectivity index (χ1n) is 9.06. The average Bonchev–Trinajstić information content (AvgIpc) is 3.11. The zero-order valence-corrected chi connectivity index (χ0v) is 16.2. The van der Waals surface area contributed by atoms with Crippen LogP contribution in [0.15, 0.2) is 36.7 Å². The van der Waals surface area contributed by atoms with Crippen molar-refractivity contribution in [3.05, 3.63) is 41.7 Å². The van der Waals surface area contributed by atoms with Crippen molar-refractivity contribution in [3.8, 4) is 22.8 Å². The minimum absolute atomic E-state index is 0.503. The molecule has 0 radical (unpaired) electrons. The Bertz CT molecular complexity index is 951. The molecule has 0 spiro atoms. The van der Waals surface area contributed by atoms with Crippen molar-refractivity contribution < 1.29 is 9.47 Å². The van der Waals surface area contributed by atoms with Gasteiger partial charge in [-0.1, -0.05) is 11.6 Å². The van der Waals surface area contributed by atoms with Crippen LogP contribution in [0.2, 0.25) is 5.02 Å². The maximum absolute atomic E-state index is 6.31. The Labute approximate surface area is 163 Å². The van der Waals surface area contributed by atoms with Gasteiger partial charge in [-0.2, -0.15) is 0 Å². The highest BCUT2D eigenvalue weighted by Crippen LogP contribution is 2.38. The fraction of sp³-hybridized carbons (Fsp3) is 0.350. The predicted octanol–water partition coefficient (Wildman–Crippen LogP) is 3.84. The van der Waals surface area contributed by atoms with E-state index in [1.807, 2.05) is 22.9 Å². The molecule has 4 rings (SSSR count). The third kappa shape index (κ3) is 3.68. The summed E-state index contributed by atoms with van der Waals surface area (Å²) in [6.45, 7) is 2.12. The number of anilines is 1. The van der Waals surface area contributed by atoms with Crippen LogP contribution in [-0.2, 0) is 0 Å². The molecule has 0 bridgehead atoms. The summed E-state index contributed by atoms with van der Waals surface area (Å²) >= 11 is 6.31. The summed E-state index contributed by atoms with van der Waals surface area (Å²) in [5.74, 6) is 1.25. The van der Waals surface area contributed by atoms with Gasteiger partial charge in [-0.15, -0.1) is 0 Å². The Kier molecular flexibility index (Phi) is 5.09. The number of pyridine rings is 1. The molecule has 2 aromatic heterocycles. The molecular formula is C20H23ClN4O2. The second-order valence-electron chi connectivity index (χ2n) is 6.66. The number of nitrogens with zero attached hydrogens (tertiary/aromatic N) is 2. The monoisotopic (exact) mass is 386 g/mol. The first kappa shape index (κ1) is 17.9. The lowest BCUT2D eigenvalue weighted by Crippen LogP contribution is -2.35. The summed E-state index contributed by atoms with van der Waals surface area (Å²) in [6.07, 6.45) is 6.26. The third-order valence-electron chi connectivity index (χ3n) is 4.92. The number of aromatic nitrogens is 2. The van der Waals surface area contributed by atoms with Gasteiger partial charge in [0.1, 0.15) is 17.1 Å². The lowest BCUT2D eigenvalue weighted by atomic mass is 10.1. The topological polar surface area (TPSA) is 59.8 Å². The van der Waals surface area contributed by atoms with Gasteiger partial charge in [0, 0.05) is 41.8 Å². The molecule has 142 valence electrons. The van der Waals surface area contributed by atoms with Crippen LogP contribution in [0, 0.1) is 0 Å². The number of methoxy groups -OCH3 is 2. The van der Waals surface area contributed by atoms with Crippen LogP contribution < -0.4 is 20.1 Å². The summed E-state index contributed by atoms with van der Waals surface area (Å²) in [7, 11) is 3.21. The van der Waals surface area contributed by atoms with Crippen molar-refractivity contribution in [2.45, 2.75) is 18.9 Å². The normalized spacial score (nSPS) is 15.1. The summed E-state index contributed by atoms with van der Waals surface area (Å²) in [6, 6.07) is 8.27. The third-order valence-corrected chi connectivity index (χ3v) is 5.22. The number of piperidine rings is 1. The largest absolute Gasteiger partial charge is 0.496 e. The predicted molar refractivity (Wildman–Crippen MR) is 108 cm³/mol. The van der Waals surface area contributed by atoms with E-state index in [1.54, 1.807) is 20.3 Å². The smallest absolute Gasteiger partial charge is 0.141 e. The van der Waals surface area contributed by atoms with E-state index in [0.717, 1.165) is 48.5 Å². The van der Waals surface area contributed by atoms with E-state index in [4.69, 9.17) is 26.1 Å². The van der Waals surface area contributed by atoms with Crippen molar-refractivity contribution in [2.24, 2.45) is 0 Å². The number of rotatable bonds is 5. The second-order valence-corrected chi connectivity index (χ2v) is 7.07. The van der Waals surface area contributed by atoms with Gasteiger partial charge < -0.3 is 24.5 Å². The fourth-order valence-electron chi connectivity index (χ4n) is 3.46. The zero-order chi connectivity index (χ0) is 18.8. The fourth-order valence-corrected chi connectivity index (χ4v) is 3.70. The van der Waals surface area contributed by atoms with Crippen LogP contribution in [0.25, 0.3) is 16.9 Å². The van der Waals surface area contributed by atoms with Crippen molar-refractivity contribution >= 4 is 22.9 Å². The molecule has 1 aliphatic heterocycles. The Morgan fingerprint density at radius 3 is 2.67 bits per heavy atom. The molecule has 7 heteroatoms. The number of fused-ring (bicyclic) bond motifs is 1. The van der Waals surface area contributed by atoms with Crippen molar-refractivity contribution in [1.82, 2.24) is 14.7 Å². The quantitative estimate of drug-likeness (QED) is 0.697. The van der Waals surface area contributed by atoms with Crippen LogP contribution in [0.1, 0.15) is 12.8 Å². The summed E-state index contributed by atoms with van der Waals surface area (Å²) in [4.78, 5) is 4.77. The van der Waals surface area contributed by atoms with E-state index >= 15 is 0 Å². The highest BCUT2D eigenvalue weighted by Gasteiger charge is 2.16. The number of hydrogen-bond donors (Lipinski definition) is 2. The number of benzene rings is 1. The number of imidazole rings is 1. The molecule has 0 unspecified atom stereocenters. The molecule has 0 atom stereocenters. The molecule has 2 N–H and O–H groups in total. The minimum Gasteiger partial charge on any atom is -0.496 e. The molecule has 1 saturated heterocycles. The van der Waals surface area contributed by atoms with Crippen molar-refractivity contribution in [3.63, 3.8) is 0 Å². The van der Waals surface area contributed by atoms with E-state index in [0.29, 0.717) is 22.6 Å². The van der Waals surface area contributed by atoms with Crippen LogP contribution in [0.4, 0.5) is 5.69 Å². The minimum atomic E-state index is 0.503. The Balaban J connectivity index is 1.66. The standard InChI is InChI=1S/C20H23ClN4O2/c1-26-18-11-19(27-2)16(21)10-15(18)17-12-25-8-5-14(9-20(25)24-17)23-13-3-6-22-7-4-13/h5,8-13,22-23H,3-4,6-7H2,1-2H3. The number of ether oxygens (including phenoxy) is 2. The Morgan fingerprint density at radius 1 is 1.15 bits per heavy atom. The Hall–Kier alpha value is -2.44. The number of hydrogen-bond acceptors (Lipinski definition) is 5. The van der Waals surface area contributed by atoms with Crippen LogP contribution >= 0.6 is 11.6 Å². The van der Waals surface area contributed by atoms with Gasteiger partial charge in [0.15, 0.2) is 0 Å². The Morgan fingerprint density at radius 2 is 1.93 bits per heavy atom. The second kappa shape index (κ2) is 7.66. The van der Waals surface area contributed by atoms with Gasteiger partial charge in [0.25, 0.3) is 0 Å². The van der Waals surface area contributed by atoms with Gasteiger partial charge in [-0.25, -0.2) is 4.98 Å². The van der Waals surface area contributed by atoms with Crippen molar-refractivity contribution in [1.29, 1.82) is 0 Å². The highest BCUT2D eigenvalue weighted by atomic mass is 35.5. The van der Waals surface area contributed by atoms with Gasteiger partial charge in [-0.05, 0) is 38.1 Å². The number of nitrogens with one attached hydrogen (secondary N) is 2. The van der Waals surface area contributed by atoms with E-state index < -0.39 is 0 Å². The zero-order valence-electron chi connectivity index (χ0n) is 15.5. The van der Waals surface area contributed by atoms with Gasteiger partial charge in [0.05, 0.1) is 24.9 Å². The maximum atomic E-state index is 6.31. The maximum Gasteiger partial charge on any atom is 0.141 e. The van der Waals surface area contributed by atoms with E-state index in [9.17, 15) is 0 Å². The van der Waals surface area contributed by atoms with E-state index in [2.05, 4.69) is 22.8 Å². The molecule has 0 amide bonds. The van der Waals surface area contributed by atoms with E-state index in [1.165, 1.54) is 0 Å². The summed E-state index contributed by atoms with van der Waals surface area (Å²) < 4.78 is 12.8. The first-order chi connectivity index (χ1) is 13.2. The van der Waals surface area contributed by atoms with E-state index in [-0.39, 0.29) is 0 Å². The molecule has 1 aliphatic rings. The average molecular weight is 387 g/mol. The van der Waals surface area contributed by atoms with Crippen LogP contribution in [0.3, 0.4) is 0 Å². The van der Waals surface area contributed by atoms with Gasteiger partial charge in [-0.3, -0.25) is 0 Å². The van der Waals surface area contributed by atoms with Crippen LogP contribution in [-0.4, -0.2) is 42.7 Å². The molecule has 27 heavy (non-hydrogen) atoms.